The molecular weight excluding hydrogens is 384 g/mol. The largest absolute Gasteiger partial charge is 0.494 e. The van der Waals surface area contributed by atoms with Crippen LogP contribution in [0, 0.1) is 0 Å². The first-order valence-corrected chi connectivity index (χ1v) is 9.03. The molecule has 3 heterocycles. The molecule has 1 aliphatic rings. The molecule has 0 aromatic carbocycles. The number of rotatable bonds is 3. The molecule has 10 heteroatoms. The van der Waals surface area contributed by atoms with E-state index in [-0.39, 0.29) is 5.95 Å². The lowest BCUT2D eigenvalue weighted by atomic mass is 9.77. The first-order valence-electron chi connectivity index (χ1n) is 9.03. The van der Waals surface area contributed by atoms with Gasteiger partial charge in [-0.1, -0.05) is 12.7 Å². The lowest BCUT2D eigenvalue weighted by Crippen LogP contribution is -2.41. The average molecular weight is 406 g/mol. The van der Waals surface area contributed by atoms with Crippen molar-refractivity contribution in [1.82, 2.24) is 19.7 Å². The summed E-state index contributed by atoms with van der Waals surface area (Å²) in [4.78, 5) is 7.53. The van der Waals surface area contributed by atoms with Crippen LogP contribution < -0.4 is 10.6 Å². The van der Waals surface area contributed by atoms with Gasteiger partial charge in [-0.15, -0.1) is 0 Å². The van der Waals surface area contributed by atoms with Gasteiger partial charge in [-0.05, 0) is 52.2 Å². The summed E-state index contributed by atoms with van der Waals surface area (Å²) in [6.07, 6.45) is 1.42. The van der Waals surface area contributed by atoms with Gasteiger partial charge in [-0.2, -0.15) is 23.0 Å². The van der Waals surface area contributed by atoms with Crippen LogP contribution in [0.2, 0.25) is 0 Å². The van der Waals surface area contributed by atoms with Gasteiger partial charge < -0.3 is 9.31 Å². The molecule has 1 aliphatic heterocycles. The fourth-order valence-corrected chi connectivity index (χ4v) is 2.74. The van der Waals surface area contributed by atoms with E-state index in [1.807, 2.05) is 40.7 Å². The van der Waals surface area contributed by atoms with Crippen molar-refractivity contribution in [3.8, 4) is 5.95 Å². The van der Waals surface area contributed by atoms with E-state index in [2.05, 4.69) is 21.6 Å². The van der Waals surface area contributed by atoms with Crippen LogP contribution >= 0.6 is 0 Å². The molecule has 0 N–H and O–H groups in total. The Kier molecular flexibility index (Phi) is 5.21. The summed E-state index contributed by atoms with van der Waals surface area (Å²) in [6, 6.07) is 0.809. The molecule has 6 nitrogen and oxygen atoms in total. The van der Waals surface area contributed by atoms with E-state index in [1.54, 1.807) is 6.08 Å². The van der Waals surface area contributed by atoms with E-state index in [4.69, 9.17) is 9.31 Å². The van der Waals surface area contributed by atoms with Crippen LogP contribution in [0.15, 0.2) is 30.0 Å². The minimum absolute atomic E-state index is 0.203. The highest BCUT2D eigenvalue weighted by Gasteiger charge is 2.52. The number of aromatic nitrogens is 4. The molecule has 3 rings (SSSR count). The Morgan fingerprint density at radius 2 is 1.83 bits per heavy atom. The number of allylic oxidation sites excluding steroid dienone is 2. The second kappa shape index (κ2) is 7.10. The number of nitrogens with zero attached hydrogens (tertiary/aromatic N) is 4. The quantitative estimate of drug-likeness (QED) is 0.733. The third-order valence-electron chi connectivity index (χ3n) is 5.17. The van der Waals surface area contributed by atoms with E-state index < -0.39 is 30.2 Å². The predicted molar refractivity (Wildman–Crippen MR) is 103 cm³/mol. The fraction of sp³-hybridized carbons (Fsp3) is 0.421. The maximum absolute atomic E-state index is 13.0. The number of halogens is 3. The van der Waals surface area contributed by atoms with E-state index in [0.717, 1.165) is 12.3 Å². The molecule has 0 amide bonds. The van der Waals surface area contributed by atoms with Gasteiger partial charge in [0.05, 0.1) is 22.7 Å². The molecule has 2 aromatic rings. The van der Waals surface area contributed by atoms with Crippen molar-refractivity contribution in [1.29, 1.82) is 0 Å². The minimum Gasteiger partial charge on any atom is -0.399 e. The normalized spacial score (nSPS) is 19.8. The number of hydrogen-bond donors (Lipinski definition) is 0. The third-order valence-corrected chi connectivity index (χ3v) is 5.17. The van der Waals surface area contributed by atoms with Gasteiger partial charge in [0.25, 0.3) is 5.95 Å². The highest BCUT2D eigenvalue weighted by atomic mass is 19.4. The van der Waals surface area contributed by atoms with Crippen LogP contribution in [0.1, 0.15) is 40.3 Å². The van der Waals surface area contributed by atoms with Crippen LogP contribution in [0.3, 0.4) is 0 Å². The zero-order valence-electron chi connectivity index (χ0n) is 16.9. The SMILES string of the molecule is C=c1cnn(-c2nccc(C(F)(F)F)n2)/c1=C/C(=C\C)B1OC(C)(C)C(C)(C)O1. The zero-order valence-corrected chi connectivity index (χ0v) is 16.9. The van der Waals surface area contributed by atoms with Gasteiger partial charge in [-0.3, -0.25) is 0 Å². The topological polar surface area (TPSA) is 62.1 Å². The highest BCUT2D eigenvalue weighted by molar-refractivity contribution is 6.57. The Hall–Kier alpha value is -2.46. The van der Waals surface area contributed by atoms with Gasteiger partial charge >= 0.3 is 13.3 Å². The Bertz CT molecular complexity index is 1040. The molecule has 0 unspecified atom stereocenters. The van der Waals surface area contributed by atoms with E-state index in [0.29, 0.717) is 16.0 Å². The summed E-state index contributed by atoms with van der Waals surface area (Å²) in [5.41, 5.74) is -1.43. The molecule has 1 fully saturated rings. The van der Waals surface area contributed by atoms with E-state index in [1.165, 1.54) is 10.9 Å². The van der Waals surface area contributed by atoms with Crippen molar-refractivity contribution >= 4 is 19.8 Å². The highest BCUT2D eigenvalue weighted by Crippen LogP contribution is 2.38. The molecule has 0 spiro atoms. The summed E-state index contributed by atoms with van der Waals surface area (Å²) in [6.45, 7) is 13.5. The molecule has 0 radical (unpaired) electrons. The van der Waals surface area contributed by atoms with Gasteiger partial charge in [0.2, 0.25) is 0 Å². The smallest absolute Gasteiger partial charge is 0.399 e. The summed E-state index contributed by atoms with van der Waals surface area (Å²) >= 11 is 0. The van der Waals surface area contributed by atoms with Crippen molar-refractivity contribution in [3.63, 3.8) is 0 Å². The van der Waals surface area contributed by atoms with Crippen molar-refractivity contribution in [3.05, 3.63) is 46.3 Å². The van der Waals surface area contributed by atoms with Gasteiger partial charge in [-0.25, -0.2) is 9.97 Å². The molecule has 0 aliphatic carbocycles. The molecule has 2 aromatic heterocycles. The zero-order chi connectivity index (χ0) is 21.6. The molecule has 154 valence electrons. The second-order valence-corrected chi connectivity index (χ2v) is 7.73. The fourth-order valence-electron chi connectivity index (χ4n) is 2.74. The van der Waals surface area contributed by atoms with Crippen molar-refractivity contribution in [2.24, 2.45) is 0 Å². The van der Waals surface area contributed by atoms with Crippen LogP contribution in [0.5, 0.6) is 0 Å². The van der Waals surface area contributed by atoms with Crippen molar-refractivity contribution in [2.45, 2.75) is 52.0 Å². The minimum atomic E-state index is -4.58. The van der Waals surface area contributed by atoms with Crippen LogP contribution in [0.25, 0.3) is 18.6 Å². The van der Waals surface area contributed by atoms with E-state index >= 15 is 0 Å². The lowest BCUT2D eigenvalue weighted by molar-refractivity contribution is -0.141. The Morgan fingerprint density at radius 3 is 2.38 bits per heavy atom. The molecule has 0 saturated carbocycles. The molecule has 29 heavy (non-hydrogen) atoms. The number of hydrogen-bond acceptors (Lipinski definition) is 5. The average Bonchev–Trinajstić information content (AvgIpc) is 3.08. The third kappa shape index (κ3) is 3.99. The van der Waals surface area contributed by atoms with Gasteiger partial charge in [0.15, 0.2) is 0 Å². The lowest BCUT2D eigenvalue weighted by Gasteiger charge is -2.32. The summed E-state index contributed by atoms with van der Waals surface area (Å²) in [5.74, 6) is -0.203. The monoisotopic (exact) mass is 406 g/mol. The molecule has 0 bridgehead atoms. The van der Waals surface area contributed by atoms with Crippen molar-refractivity contribution in [2.75, 3.05) is 0 Å². The Morgan fingerprint density at radius 1 is 1.21 bits per heavy atom. The van der Waals surface area contributed by atoms with Crippen molar-refractivity contribution < 1.29 is 22.5 Å². The predicted octanol–water partition coefficient (Wildman–Crippen LogP) is 2.45. The molecule has 0 atom stereocenters. The Balaban J connectivity index is 2.06. The molecule has 1 saturated heterocycles. The van der Waals surface area contributed by atoms with Gasteiger partial charge in [0, 0.05) is 11.4 Å². The standard InChI is InChI=1S/C19H22BF3N4O2/c1-7-13(20-28-17(3,4)18(5,6)29-20)10-14-12(2)11-25-27(14)16-24-9-8-15(26-16)19(21,22)23/h7-11H,2H2,1,3-6H3/b13-7+,14-10+. The van der Waals surface area contributed by atoms with Crippen LogP contribution in [0.4, 0.5) is 13.2 Å². The second-order valence-electron chi connectivity index (χ2n) is 7.73. The maximum atomic E-state index is 13.0. The summed E-state index contributed by atoms with van der Waals surface area (Å²) in [5, 5.41) is 5.04. The molecular formula is C19H22BF3N4O2. The number of alkyl halides is 3. The first kappa shape index (κ1) is 21.3. The first-order chi connectivity index (χ1) is 13.4. The van der Waals surface area contributed by atoms with E-state index in [9.17, 15) is 13.2 Å². The summed E-state index contributed by atoms with van der Waals surface area (Å²) < 4.78 is 52.4. The van der Waals surface area contributed by atoms with Crippen LogP contribution in [-0.2, 0) is 15.5 Å². The summed E-state index contributed by atoms with van der Waals surface area (Å²) in [7, 11) is -0.643. The van der Waals surface area contributed by atoms with Gasteiger partial charge in [0.1, 0.15) is 5.69 Å². The maximum Gasteiger partial charge on any atom is 0.494 e. The Labute approximate surface area is 166 Å². The van der Waals surface area contributed by atoms with Crippen LogP contribution in [-0.4, -0.2) is 38.1 Å².